The van der Waals surface area contributed by atoms with Crippen LogP contribution in [0.15, 0.2) is 6.07 Å². The van der Waals surface area contributed by atoms with E-state index in [1.807, 2.05) is 0 Å². The molecular weight excluding hydrogens is 272 g/mol. The summed E-state index contributed by atoms with van der Waals surface area (Å²) in [7, 11) is 0. The molecule has 1 aliphatic carbocycles. The molecule has 0 radical (unpaired) electrons. The Morgan fingerprint density at radius 2 is 1.37 bits per heavy atom. The van der Waals surface area contributed by atoms with Gasteiger partial charge in [0.2, 0.25) is 5.92 Å². The monoisotopic (exact) mass is 283 g/mol. The Bertz CT molecular complexity index is 503. The number of halogens is 6. The molecule has 2 rings (SSSR count). The maximum Gasteiger partial charge on any atom is 0.248 e. The second kappa shape index (κ2) is 4.40. The number of hydrogen-bond acceptors (Lipinski definition) is 1. The van der Waals surface area contributed by atoms with Crippen LogP contribution >= 0.6 is 0 Å². The zero-order chi connectivity index (χ0) is 14.4. The molecule has 1 nitrogen and oxygen atoms in total. The highest BCUT2D eigenvalue weighted by Gasteiger charge is 2.44. The lowest BCUT2D eigenvalue weighted by Gasteiger charge is -2.37. The molecular formula is C12H11F6N. The summed E-state index contributed by atoms with van der Waals surface area (Å²) < 4.78 is 78.8. The van der Waals surface area contributed by atoms with Gasteiger partial charge in [-0.3, -0.25) is 0 Å². The number of hydrogen-bond donors (Lipinski definition) is 1. The molecule has 1 aromatic rings. The molecule has 7 heteroatoms. The van der Waals surface area contributed by atoms with Gasteiger partial charge in [0.05, 0.1) is 0 Å². The average Bonchev–Trinajstić information content (AvgIpc) is 2.35. The maximum absolute atomic E-state index is 13.6. The van der Waals surface area contributed by atoms with Crippen LogP contribution in [-0.4, -0.2) is 5.92 Å². The first kappa shape index (κ1) is 14.2. The van der Waals surface area contributed by atoms with E-state index in [0.29, 0.717) is 6.07 Å². The van der Waals surface area contributed by atoms with Crippen LogP contribution in [0.25, 0.3) is 0 Å². The van der Waals surface area contributed by atoms with Gasteiger partial charge < -0.3 is 5.73 Å². The van der Waals surface area contributed by atoms with Crippen molar-refractivity contribution in [2.45, 2.75) is 37.1 Å². The fraction of sp³-hybridized carbons (Fsp3) is 0.500. The van der Waals surface area contributed by atoms with E-state index < -0.39 is 53.1 Å². The van der Waals surface area contributed by atoms with Crippen LogP contribution in [0.1, 0.15) is 31.2 Å². The van der Waals surface area contributed by atoms with Gasteiger partial charge in [0.15, 0.2) is 23.3 Å². The van der Waals surface area contributed by atoms with Crippen LogP contribution in [0.5, 0.6) is 0 Å². The van der Waals surface area contributed by atoms with Crippen molar-refractivity contribution in [1.82, 2.24) is 0 Å². The largest absolute Gasteiger partial charge is 0.321 e. The minimum absolute atomic E-state index is 0.332. The SMILES string of the molecule is NC1(c2cc(F)c(F)c(F)c2F)CCC(F)(F)CC1. The van der Waals surface area contributed by atoms with Crippen LogP contribution in [0, 0.1) is 23.3 Å². The van der Waals surface area contributed by atoms with Crippen LogP contribution in [0.4, 0.5) is 26.3 Å². The molecule has 0 amide bonds. The molecule has 1 aliphatic rings. The lowest BCUT2D eigenvalue weighted by molar-refractivity contribution is -0.0519. The van der Waals surface area contributed by atoms with E-state index in [2.05, 4.69) is 0 Å². The van der Waals surface area contributed by atoms with Crippen LogP contribution in [-0.2, 0) is 5.54 Å². The first-order valence-corrected chi connectivity index (χ1v) is 5.66. The van der Waals surface area contributed by atoms with Gasteiger partial charge in [0.25, 0.3) is 0 Å². The van der Waals surface area contributed by atoms with E-state index in [-0.39, 0.29) is 12.8 Å². The predicted octanol–water partition coefficient (Wildman–Crippen LogP) is 3.61. The molecule has 0 bridgehead atoms. The fourth-order valence-electron chi connectivity index (χ4n) is 2.27. The number of nitrogens with two attached hydrogens (primary N) is 1. The maximum atomic E-state index is 13.6. The number of rotatable bonds is 1. The molecule has 19 heavy (non-hydrogen) atoms. The van der Waals surface area contributed by atoms with Gasteiger partial charge in [-0.15, -0.1) is 0 Å². The Hall–Kier alpha value is -1.24. The van der Waals surface area contributed by atoms with Gasteiger partial charge in [-0.1, -0.05) is 0 Å². The van der Waals surface area contributed by atoms with E-state index in [0.717, 1.165) is 0 Å². The van der Waals surface area contributed by atoms with E-state index in [4.69, 9.17) is 5.73 Å². The van der Waals surface area contributed by atoms with Crippen LogP contribution in [0.3, 0.4) is 0 Å². The third kappa shape index (κ3) is 2.43. The zero-order valence-corrected chi connectivity index (χ0v) is 9.75. The van der Waals surface area contributed by atoms with Crippen molar-refractivity contribution in [2.24, 2.45) is 5.73 Å². The van der Waals surface area contributed by atoms with Crippen molar-refractivity contribution in [2.75, 3.05) is 0 Å². The molecule has 106 valence electrons. The molecule has 0 atom stereocenters. The average molecular weight is 283 g/mol. The number of alkyl halides is 2. The van der Waals surface area contributed by atoms with Gasteiger partial charge in [-0.25, -0.2) is 26.3 Å². The van der Waals surface area contributed by atoms with Gasteiger partial charge in [0, 0.05) is 23.9 Å². The summed E-state index contributed by atoms with van der Waals surface area (Å²) in [4.78, 5) is 0. The molecule has 1 fully saturated rings. The molecule has 0 aliphatic heterocycles. The van der Waals surface area contributed by atoms with E-state index in [1.54, 1.807) is 0 Å². The summed E-state index contributed by atoms with van der Waals surface area (Å²) in [6.07, 6.45) is -1.88. The van der Waals surface area contributed by atoms with Crippen molar-refractivity contribution in [3.05, 3.63) is 34.9 Å². The minimum atomic E-state index is -2.92. The van der Waals surface area contributed by atoms with E-state index in [1.165, 1.54) is 0 Å². The van der Waals surface area contributed by atoms with E-state index in [9.17, 15) is 26.3 Å². The van der Waals surface area contributed by atoms with Gasteiger partial charge in [-0.05, 0) is 18.9 Å². The molecule has 1 saturated carbocycles. The Balaban J connectivity index is 2.43. The summed E-state index contributed by atoms with van der Waals surface area (Å²) in [6, 6.07) is 0.442. The molecule has 0 unspecified atom stereocenters. The lowest BCUT2D eigenvalue weighted by Crippen LogP contribution is -2.44. The smallest absolute Gasteiger partial charge is 0.248 e. The Labute approximate surface area is 105 Å². The third-order valence-electron chi connectivity index (χ3n) is 3.51. The highest BCUT2D eigenvalue weighted by atomic mass is 19.3. The first-order valence-electron chi connectivity index (χ1n) is 5.66. The molecule has 0 aromatic heterocycles. The zero-order valence-electron chi connectivity index (χ0n) is 9.75. The standard InChI is InChI=1S/C12H11F6N/c13-7-5-6(8(14)10(16)9(7)15)11(19)1-3-12(17,18)4-2-11/h5H,1-4,19H2. The Morgan fingerprint density at radius 1 is 0.842 bits per heavy atom. The van der Waals surface area contributed by atoms with Crippen molar-refractivity contribution >= 4 is 0 Å². The van der Waals surface area contributed by atoms with Crippen LogP contribution < -0.4 is 5.73 Å². The summed E-state index contributed by atoms with van der Waals surface area (Å²) in [5.74, 6) is -10.0. The van der Waals surface area contributed by atoms with E-state index >= 15 is 0 Å². The minimum Gasteiger partial charge on any atom is -0.321 e. The molecule has 2 N–H and O–H groups in total. The quantitative estimate of drug-likeness (QED) is 0.475. The first-order chi connectivity index (χ1) is 8.66. The number of benzene rings is 1. The summed E-state index contributed by atoms with van der Waals surface area (Å²) in [5, 5.41) is 0. The van der Waals surface area contributed by atoms with Gasteiger partial charge >= 0.3 is 0 Å². The van der Waals surface area contributed by atoms with Crippen molar-refractivity contribution in [3.63, 3.8) is 0 Å². The van der Waals surface area contributed by atoms with Crippen molar-refractivity contribution < 1.29 is 26.3 Å². The third-order valence-corrected chi connectivity index (χ3v) is 3.51. The molecule has 0 heterocycles. The predicted molar refractivity (Wildman–Crippen MR) is 55.6 cm³/mol. The summed E-state index contributed by atoms with van der Waals surface area (Å²) in [6.45, 7) is 0. The highest BCUT2D eigenvalue weighted by molar-refractivity contribution is 5.29. The molecule has 1 aromatic carbocycles. The highest BCUT2D eigenvalue weighted by Crippen LogP contribution is 2.43. The lowest BCUT2D eigenvalue weighted by atomic mass is 9.76. The topological polar surface area (TPSA) is 26.0 Å². The summed E-state index contributed by atoms with van der Waals surface area (Å²) >= 11 is 0. The normalized spacial score (nSPS) is 21.4. The second-order valence-corrected chi connectivity index (χ2v) is 4.86. The van der Waals surface area contributed by atoms with Gasteiger partial charge in [-0.2, -0.15) is 0 Å². The fourth-order valence-corrected chi connectivity index (χ4v) is 2.27. The Morgan fingerprint density at radius 3 is 1.89 bits per heavy atom. The second-order valence-electron chi connectivity index (χ2n) is 4.86. The Kier molecular flexibility index (Phi) is 3.28. The molecule has 0 spiro atoms. The molecule has 0 saturated heterocycles. The van der Waals surface area contributed by atoms with Crippen molar-refractivity contribution in [1.29, 1.82) is 0 Å². The summed E-state index contributed by atoms with van der Waals surface area (Å²) in [5.41, 5.74) is 3.55. The van der Waals surface area contributed by atoms with Crippen molar-refractivity contribution in [3.8, 4) is 0 Å². The van der Waals surface area contributed by atoms with Gasteiger partial charge in [0.1, 0.15) is 0 Å². The van der Waals surface area contributed by atoms with Crippen LogP contribution in [0.2, 0.25) is 0 Å².